The molecule has 0 radical (unpaired) electrons. The number of aryl methyl sites for hydroxylation is 1. The van der Waals surface area contributed by atoms with Gasteiger partial charge in [-0.1, -0.05) is 17.7 Å². The van der Waals surface area contributed by atoms with Crippen LogP contribution in [-0.2, 0) is 0 Å². The average molecular weight is 170 g/mol. The van der Waals surface area contributed by atoms with Crippen LogP contribution in [0.1, 0.15) is 12.5 Å². The molecule has 0 fully saturated rings. The van der Waals surface area contributed by atoms with Gasteiger partial charge in [-0.3, -0.25) is 0 Å². The minimum atomic E-state index is 0.798. The van der Waals surface area contributed by atoms with Crippen LogP contribution in [0.3, 0.4) is 0 Å². The number of nitrogens with one attached hydrogen (secondary N) is 1. The SMILES string of the molecule is CCNc1ccc(C)cc1Cl. The van der Waals surface area contributed by atoms with Gasteiger partial charge in [0.05, 0.1) is 10.7 Å². The Hall–Kier alpha value is -0.690. The van der Waals surface area contributed by atoms with E-state index in [0.29, 0.717) is 0 Å². The zero-order chi connectivity index (χ0) is 8.27. The van der Waals surface area contributed by atoms with Crippen molar-refractivity contribution in [2.45, 2.75) is 13.8 Å². The first-order valence-corrected chi connectivity index (χ1v) is 4.12. The molecule has 0 aliphatic rings. The van der Waals surface area contributed by atoms with Gasteiger partial charge in [-0.2, -0.15) is 0 Å². The van der Waals surface area contributed by atoms with Crippen LogP contribution in [0.5, 0.6) is 0 Å². The van der Waals surface area contributed by atoms with Crippen molar-refractivity contribution in [1.82, 2.24) is 0 Å². The normalized spacial score (nSPS) is 9.73. The van der Waals surface area contributed by atoms with Gasteiger partial charge in [-0.05, 0) is 31.5 Å². The Balaban J connectivity index is 2.90. The highest BCUT2D eigenvalue weighted by Gasteiger charge is 1.96. The Morgan fingerprint density at radius 1 is 1.45 bits per heavy atom. The predicted molar refractivity (Wildman–Crippen MR) is 50.4 cm³/mol. The quantitative estimate of drug-likeness (QED) is 0.718. The summed E-state index contributed by atoms with van der Waals surface area (Å²) in [6.07, 6.45) is 0. The standard InChI is InChI=1S/C9H12ClN/c1-3-11-9-5-4-7(2)6-8(9)10/h4-6,11H,3H2,1-2H3. The number of halogens is 1. The third-order valence-electron chi connectivity index (χ3n) is 1.49. The van der Waals surface area contributed by atoms with Crippen LogP contribution >= 0.6 is 11.6 Å². The number of rotatable bonds is 2. The van der Waals surface area contributed by atoms with E-state index < -0.39 is 0 Å². The molecule has 0 bridgehead atoms. The van der Waals surface area contributed by atoms with Gasteiger partial charge in [0.25, 0.3) is 0 Å². The summed E-state index contributed by atoms with van der Waals surface area (Å²) in [5.74, 6) is 0. The second-order valence-electron chi connectivity index (χ2n) is 2.51. The summed E-state index contributed by atoms with van der Waals surface area (Å²) in [6.45, 7) is 4.99. The van der Waals surface area contributed by atoms with Crippen molar-refractivity contribution in [2.75, 3.05) is 11.9 Å². The zero-order valence-corrected chi connectivity index (χ0v) is 7.57. The Labute approximate surface area is 72.4 Å². The Morgan fingerprint density at radius 2 is 2.18 bits per heavy atom. The molecule has 1 rings (SSSR count). The van der Waals surface area contributed by atoms with Crippen molar-refractivity contribution in [3.63, 3.8) is 0 Å². The van der Waals surface area contributed by atoms with Crippen LogP contribution in [-0.4, -0.2) is 6.54 Å². The summed E-state index contributed by atoms with van der Waals surface area (Å²) in [5.41, 5.74) is 2.21. The van der Waals surface area contributed by atoms with Gasteiger partial charge in [0, 0.05) is 6.54 Å². The highest BCUT2D eigenvalue weighted by molar-refractivity contribution is 6.33. The molecule has 0 saturated heterocycles. The van der Waals surface area contributed by atoms with Crippen LogP contribution in [0.25, 0.3) is 0 Å². The fourth-order valence-corrected chi connectivity index (χ4v) is 1.26. The van der Waals surface area contributed by atoms with E-state index in [1.807, 2.05) is 25.1 Å². The number of anilines is 1. The van der Waals surface area contributed by atoms with Crippen molar-refractivity contribution in [3.05, 3.63) is 28.8 Å². The summed E-state index contributed by atoms with van der Waals surface area (Å²) in [4.78, 5) is 0. The maximum absolute atomic E-state index is 5.95. The Kier molecular flexibility index (Phi) is 2.77. The van der Waals surface area contributed by atoms with Crippen molar-refractivity contribution in [3.8, 4) is 0 Å². The van der Waals surface area contributed by atoms with Gasteiger partial charge >= 0.3 is 0 Å². The molecule has 1 aromatic carbocycles. The Morgan fingerprint density at radius 3 is 2.73 bits per heavy atom. The maximum Gasteiger partial charge on any atom is 0.0640 e. The lowest BCUT2D eigenvalue weighted by molar-refractivity contribution is 1.21. The monoisotopic (exact) mass is 169 g/mol. The third kappa shape index (κ3) is 2.12. The molecule has 0 heterocycles. The molecule has 1 N–H and O–H groups in total. The van der Waals surface area contributed by atoms with Crippen molar-refractivity contribution in [2.24, 2.45) is 0 Å². The first kappa shape index (κ1) is 8.41. The molecule has 1 aromatic rings. The molecule has 0 aliphatic carbocycles. The van der Waals surface area contributed by atoms with E-state index in [9.17, 15) is 0 Å². The van der Waals surface area contributed by atoms with Gasteiger partial charge < -0.3 is 5.32 Å². The fourth-order valence-electron chi connectivity index (χ4n) is 0.954. The second-order valence-corrected chi connectivity index (χ2v) is 2.92. The lowest BCUT2D eigenvalue weighted by atomic mass is 10.2. The minimum absolute atomic E-state index is 0.798. The van der Waals surface area contributed by atoms with Gasteiger partial charge in [0.2, 0.25) is 0 Å². The van der Waals surface area contributed by atoms with Gasteiger partial charge in [-0.15, -0.1) is 0 Å². The molecule has 2 heteroatoms. The topological polar surface area (TPSA) is 12.0 Å². The molecule has 0 amide bonds. The smallest absolute Gasteiger partial charge is 0.0640 e. The van der Waals surface area contributed by atoms with E-state index in [0.717, 1.165) is 17.3 Å². The third-order valence-corrected chi connectivity index (χ3v) is 1.80. The van der Waals surface area contributed by atoms with E-state index in [1.165, 1.54) is 5.56 Å². The van der Waals surface area contributed by atoms with Crippen molar-refractivity contribution < 1.29 is 0 Å². The average Bonchev–Trinajstić information content (AvgIpc) is 1.95. The van der Waals surface area contributed by atoms with Gasteiger partial charge in [0.1, 0.15) is 0 Å². The van der Waals surface area contributed by atoms with Crippen LogP contribution in [0.15, 0.2) is 18.2 Å². The Bertz CT molecular complexity index is 245. The number of benzene rings is 1. The molecule has 0 aromatic heterocycles. The zero-order valence-electron chi connectivity index (χ0n) is 6.82. The molecule has 0 spiro atoms. The van der Waals surface area contributed by atoms with Gasteiger partial charge in [-0.25, -0.2) is 0 Å². The van der Waals surface area contributed by atoms with Crippen LogP contribution in [0, 0.1) is 6.92 Å². The van der Waals surface area contributed by atoms with Crippen molar-refractivity contribution >= 4 is 17.3 Å². The first-order valence-electron chi connectivity index (χ1n) is 3.74. The fraction of sp³-hybridized carbons (Fsp3) is 0.333. The van der Waals surface area contributed by atoms with E-state index in [1.54, 1.807) is 0 Å². The van der Waals surface area contributed by atoms with E-state index in [4.69, 9.17) is 11.6 Å². The minimum Gasteiger partial charge on any atom is -0.384 e. The predicted octanol–water partition coefficient (Wildman–Crippen LogP) is 3.08. The van der Waals surface area contributed by atoms with Crippen LogP contribution in [0.2, 0.25) is 5.02 Å². The molecule has 0 unspecified atom stereocenters. The first-order chi connectivity index (χ1) is 5.24. The number of hydrogen-bond donors (Lipinski definition) is 1. The van der Waals surface area contributed by atoms with E-state index in [-0.39, 0.29) is 0 Å². The molecule has 0 saturated carbocycles. The molecule has 0 atom stereocenters. The molecule has 1 nitrogen and oxygen atoms in total. The highest BCUT2D eigenvalue weighted by atomic mass is 35.5. The summed E-state index contributed by atoms with van der Waals surface area (Å²) in [7, 11) is 0. The lowest BCUT2D eigenvalue weighted by Crippen LogP contribution is -1.96. The summed E-state index contributed by atoms with van der Waals surface area (Å²) in [5, 5.41) is 3.97. The summed E-state index contributed by atoms with van der Waals surface area (Å²) in [6, 6.07) is 6.00. The van der Waals surface area contributed by atoms with Crippen LogP contribution < -0.4 is 5.32 Å². The summed E-state index contributed by atoms with van der Waals surface area (Å²) >= 11 is 5.95. The summed E-state index contributed by atoms with van der Waals surface area (Å²) < 4.78 is 0. The second kappa shape index (κ2) is 3.63. The lowest BCUT2D eigenvalue weighted by Gasteiger charge is -2.05. The maximum atomic E-state index is 5.95. The molecule has 60 valence electrons. The largest absolute Gasteiger partial charge is 0.384 e. The molecule has 0 aliphatic heterocycles. The van der Waals surface area contributed by atoms with E-state index in [2.05, 4.69) is 12.2 Å². The molecular formula is C9H12ClN. The number of hydrogen-bond acceptors (Lipinski definition) is 1. The van der Waals surface area contributed by atoms with Crippen LogP contribution in [0.4, 0.5) is 5.69 Å². The van der Waals surface area contributed by atoms with E-state index >= 15 is 0 Å². The van der Waals surface area contributed by atoms with Gasteiger partial charge in [0.15, 0.2) is 0 Å². The molecule has 11 heavy (non-hydrogen) atoms. The molecular weight excluding hydrogens is 158 g/mol. The highest BCUT2D eigenvalue weighted by Crippen LogP contribution is 2.21. The van der Waals surface area contributed by atoms with Crippen molar-refractivity contribution in [1.29, 1.82) is 0 Å².